The van der Waals surface area contributed by atoms with Crippen molar-refractivity contribution in [2.45, 2.75) is 244 Å². The molecule has 6 rings (SSSR count). The highest BCUT2D eigenvalue weighted by Gasteiger charge is 2.67. The lowest BCUT2D eigenvalue weighted by atomic mass is 9.53. The topological polar surface area (TPSA) is 18.5 Å². The van der Waals surface area contributed by atoms with Crippen LogP contribution in [0, 0.1) is 11.8 Å². The molecule has 0 N–H and O–H groups in total. The Morgan fingerprint density at radius 3 is 1.38 bits per heavy atom. The molecule has 0 radical (unpaired) electrons. The highest BCUT2D eigenvalue weighted by atomic mass is 16.7. The Morgan fingerprint density at radius 1 is 0.518 bits per heavy atom. The molecule has 3 aliphatic carbocycles. The van der Waals surface area contributed by atoms with E-state index in [0.717, 1.165) is 18.3 Å². The van der Waals surface area contributed by atoms with E-state index in [2.05, 4.69) is 87.5 Å². The van der Waals surface area contributed by atoms with Crippen LogP contribution in [0.15, 0.2) is 24.3 Å². The van der Waals surface area contributed by atoms with Gasteiger partial charge in [-0.15, -0.1) is 0 Å². The Labute approximate surface area is 347 Å². The molecule has 1 heterocycles. The molecule has 4 heteroatoms. The van der Waals surface area contributed by atoms with Crippen molar-refractivity contribution in [1.82, 2.24) is 0 Å². The Kier molecular flexibility index (Phi) is 15.1. The number of hydrogen-bond acceptors (Lipinski definition) is 2. The zero-order valence-electron chi connectivity index (χ0n) is 38.2. The first-order chi connectivity index (χ1) is 27.0. The first-order valence-corrected chi connectivity index (χ1v) is 24.6. The van der Waals surface area contributed by atoms with Crippen molar-refractivity contribution >= 4 is 25.9 Å². The first-order valence-electron chi connectivity index (χ1n) is 24.6. The second kappa shape index (κ2) is 19.3. The maximum atomic E-state index is 6.99. The van der Waals surface area contributed by atoms with E-state index in [-0.39, 0.29) is 29.2 Å². The van der Waals surface area contributed by atoms with E-state index in [4.69, 9.17) is 9.31 Å². The van der Waals surface area contributed by atoms with Crippen LogP contribution in [0.5, 0.6) is 0 Å². The molecule has 0 spiro atoms. The second-order valence-corrected chi connectivity index (χ2v) is 20.7. The molecule has 2 aromatic carbocycles. The van der Waals surface area contributed by atoms with Crippen LogP contribution >= 0.6 is 0 Å². The van der Waals surface area contributed by atoms with Gasteiger partial charge in [0.15, 0.2) is 0 Å². The van der Waals surface area contributed by atoms with Gasteiger partial charge in [0.05, 0.1) is 11.2 Å². The van der Waals surface area contributed by atoms with Crippen LogP contribution in [0.1, 0.15) is 232 Å². The van der Waals surface area contributed by atoms with Crippen molar-refractivity contribution in [2.24, 2.45) is 11.8 Å². The smallest absolute Gasteiger partial charge is 0.399 e. The minimum Gasteiger partial charge on any atom is -0.399 e. The zero-order chi connectivity index (χ0) is 40.0. The molecular weight excluding hydrogens is 678 g/mol. The number of hydrogen-bond donors (Lipinski definition) is 0. The summed E-state index contributed by atoms with van der Waals surface area (Å²) in [6.07, 6.45) is 34.9. The third-order valence-electron chi connectivity index (χ3n) is 16.1. The van der Waals surface area contributed by atoms with Gasteiger partial charge in [-0.2, -0.15) is 0 Å². The highest BCUT2D eigenvalue weighted by molar-refractivity contribution is 6.62. The summed E-state index contributed by atoms with van der Waals surface area (Å²) in [6, 6.07) is 11.0. The van der Waals surface area contributed by atoms with Crippen LogP contribution in [0.3, 0.4) is 0 Å². The fraction of sp³-hybridized carbons (Fsp3) is 0.769. The van der Waals surface area contributed by atoms with Gasteiger partial charge in [0.1, 0.15) is 7.85 Å². The first kappa shape index (κ1) is 44.1. The lowest BCUT2D eigenvalue weighted by Crippen LogP contribution is -2.46. The second-order valence-electron chi connectivity index (χ2n) is 20.7. The van der Waals surface area contributed by atoms with E-state index in [1.807, 2.05) is 0 Å². The highest BCUT2D eigenvalue weighted by Crippen LogP contribution is 2.72. The van der Waals surface area contributed by atoms with Gasteiger partial charge in [-0.05, 0) is 124 Å². The fourth-order valence-corrected chi connectivity index (χ4v) is 12.3. The normalized spacial score (nSPS) is 25.7. The molecule has 56 heavy (non-hydrogen) atoms. The molecule has 1 saturated heterocycles. The number of rotatable bonds is 23. The molecule has 2 atom stereocenters. The molecule has 3 fully saturated rings. The summed E-state index contributed by atoms with van der Waals surface area (Å²) in [7, 11) is 2.15. The summed E-state index contributed by atoms with van der Waals surface area (Å²) in [5, 5.41) is 0. The van der Waals surface area contributed by atoms with Gasteiger partial charge in [0, 0.05) is 10.8 Å². The Morgan fingerprint density at radius 2 is 0.911 bits per heavy atom. The van der Waals surface area contributed by atoms with E-state index in [1.165, 1.54) is 172 Å². The van der Waals surface area contributed by atoms with Crippen LogP contribution in [-0.4, -0.2) is 26.2 Å². The molecule has 2 aromatic rings. The lowest BCUT2D eigenvalue weighted by molar-refractivity contribution is 0.00578. The minimum atomic E-state index is -0.349. The zero-order valence-corrected chi connectivity index (χ0v) is 38.2. The van der Waals surface area contributed by atoms with E-state index >= 15 is 0 Å². The number of fused-ring (bicyclic) bond motifs is 3. The minimum absolute atomic E-state index is 0.200. The van der Waals surface area contributed by atoms with Gasteiger partial charge in [0.2, 0.25) is 0 Å². The Balaban J connectivity index is 1.50. The van der Waals surface area contributed by atoms with Gasteiger partial charge in [-0.25, -0.2) is 0 Å². The summed E-state index contributed by atoms with van der Waals surface area (Å²) in [4.78, 5) is 0. The van der Waals surface area contributed by atoms with Crippen LogP contribution in [0.25, 0.3) is 11.1 Å². The van der Waals surface area contributed by atoms with Crippen molar-refractivity contribution in [1.29, 1.82) is 0 Å². The molecule has 2 saturated carbocycles. The van der Waals surface area contributed by atoms with Gasteiger partial charge in [0.25, 0.3) is 0 Å². The third-order valence-corrected chi connectivity index (χ3v) is 16.1. The summed E-state index contributed by atoms with van der Waals surface area (Å²) in [5.41, 5.74) is 12.4. The van der Waals surface area contributed by atoms with Crippen molar-refractivity contribution < 1.29 is 9.31 Å². The standard InChI is InChI=1S/C52H84B2O2/c1-9-13-17-21-23-27-39-35-51-36-40(28-24-22-18-14-10-2)38-52(51,37-39)46-34-48(54-55-49(5,6)50(7,8)56-54)42(30-26-20-16-12-4)32-44(46)43-31-41(29-25-19-15-11-3)47(53)33-45(43)51/h31-34,39-40H,9-30,35-38,53H2,1-8H3/t39?,40?,51-,52+. The Bertz CT molecular complexity index is 1530. The van der Waals surface area contributed by atoms with Gasteiger partial charge in [-0.3, -0.25) is 0 Å². The summed E-state index contributed by atoms with van der Waals surface area (Å²) in [6.45, 7) is 18.3. The third kappa shape index (κ3) is 8.98. The predicted molar refractivity (Wildman–Crippen MR) is 247 cm³/mol. The maximum absolute atomic E-state index is 6.99. The van der Waals surface area contributed by atoms with Gasteiger partial charge < -0.3 is 9.31 Å². The van der Waals surface area contributed by atoms with Crippen molar-refractivity contribution in [3.63, 3.8) is 0 Å². The molecular formula is C52H84B2O2. The molecule has 4 aliphatic rings. The summed E-state index contributed by atoms with van der Waals surface area (Å²) >= 11 is 0. The van der Waals surface area contributed by atoms with E-state index in [1.54, 1.807) is 33.3 Å². The van der Waals surface area contributed by atoms with E-state index in [9.17, 15) is 0 Å². The van der Waals surface area contributed by atoms with Gasteiger partial charge >= 0.3 is 7.12 Å². The molecule has 310 valence electrons. The van der Waals surface area contributed by atoms with Crippen molar-refractivity contribution in [3.05, 3.63) is 46.5 Å². The van der Waals surface area contributed by atoms with Crippen molar-refractivity contribution in [3.8, 4) is 11.1 Å². The van der Waals surface area contributed by atoms with E-state index in [0.29, 0.717) is 0 Å². The molecule has 2 nitrogen and oxygen atoms in total. The molecule has 0 bridgehead atoms. The van der Waals surface area contributed by atoms with Crippen LogP contribution in [-0.2, 0) is 33.0 Å². The number of unbranched alkanes of at least 4 members (excludes halogenated alkanes) is 14. The summed E-state index contributed by atoms with van der Waals surface area (Å²) in [5.74, 6) is 1.62. The lowest BCUT2D eigenvalue weighted by Gasteiger charge is -2.48. The van der Waals surface area contributed by atoms with Gasteiger partial charge in [-0.1, -0.05) is 179 Å². The van der Waals surface area contributed by atoms with Crippen LogP contribution in [0.4, 0.5) is 0 Å². The van der Waals surface area contributed by atoms with Crippen LogP contribution < -0.4 is 10.9 Å². The molecule has 0 aromatic heterocycles. The van der Waals surface area contributed by atoms with Crippen molar-refractivity contribution in [2.75, 3.05) is 0 Å². The largest absolute Gasteiger partial charge is 0.495 e. The predicted octanol–water partition coefficient (Wildman–Crippen LogP) is 13.2. The molecule has 0 amide bonds. The maximum Gasteiger partial charge on any atom is 0.495 e. The average molecular weight is 763 g/mol. The summed E-state index contributed by atoms with van der Waals surface area (Å²) < 4.78 is 14.0. The number of benzene rings is 2. The van der Waals surface area contributed by atoms with Crippen LogP contribution in [0.2, 0.25) is 0 Å². The quantitative estimate of drug-likeness (QED) is 0.0829. The van der Waals surface area contributed by atoms with E-state index < -0.39 is 0 Å². The Hall–Kier alpha value is -1.51. The fourth-order valence-electron chi connectivity index (χ4n) is 12.3. The number of aryl methyl sites for hydroxylation is 2. The molecule has 2 unspecified atom stereocenters. The average Bonchev–Trinajstić information content (AvgIpc) is 3.73. The SMILES string of the molecule is Bc1cc2c(cc1CCCCCC)-c1cc(CCCCCC)c(B3OC(C)(C)C(C)(C)O3)cc1[C@]13CC(CCCCCCC)C[C@]21CC(CCCCCCC)C3. The molecule has 1 aliphatic heterocycles. The monoisotopic (exact) mass is 763 g/mol.